The van der Waals surface area contributed by atoms with Crippen molar-refractivity contribution in [1.82, 2.24) is 5.32 Å². The molecule has 4 fully saturated rings. The lowest BCUT2D eigenvalue weighted by molar-refractivity contribution is -0.183. The number of hydrogen-bond acceptors (Lipinski definition) is 6. The number of aliphatic hydroxyl groups is 1. The molecule has 0 bridgehead atoms. The van der Waals surface area contributed by atoms with Gasteiger partial charge in [0.1, 0.15) is 17.3 Å². The van der Waals surface area contributed by atoms with E-state index in [4.69, 9.17) is 9.47 Å². The highest BCUT2D eigenvalue weighted by Gasteiger charge is 2.80. The molecule has 0 unspecified atom stereocenters. The van der Waals surface area contributed by atoms with Crippen LogP contribution in [0, 0.1) is 34.5 Å². The minimum absolute atomic E-state index is 0.00228. The van der Waals surface area contributed by atoms with Crippen molar-refractivity contribution in [3.63, 3.8) is 0 Å². The fraction of sp³-hybridized carbons (Fsp3) is 0.657. The molecule has 0 aromatic heterocycles. The number of epoxide rings is 1. The first-order chi connectivity index (χ1) is 19.4. The maximum atomic E-state index is 13.9. The van der Waals surface area contributed by atoms with Gasteiger partial charge in [0.25, 0.3) is 0 Å². The van der Waals surface area contributed by atoms with Crippen molar-refractivity contribution in [1.29, 1.82) is 0 Å². The maximum Gasteiger partial charge on any atom is 0.334 e. The first-order valence-corrected chi connectivity index (χ1v) is 15.7. The average Bonchev–Trinajstić information content (AvgIpc) is 3.56. The molecule has 1 aromatic carbocycles. The molecule has 6 aliphatic rings. The number of cyclic esters (lactones) is 1. The SMILES string of the molecule is CC1=C(C)C(=O)O[C@@H]([C@](C)(O)[C@H]2CC[C@H]3[C@@H]4C[C@H]5O[C@]56[C@@H](NCc5ccccc5)C=CC(=O)[C@]6(C)[C@H]4CC[C@]23C)C1. The summed E-state index contributed by atoms with van der Waals surface area (Å²) in [5.41, 5.74) is 0.667. The summed E-state index contributed by atoms with van der Waals surface area (Å²) < 4.78 is 12.5. The number of allylic oxidation sites excluding steroid dienone is 1. The van der Waals surface area contributed by atoms with Crippen molar-refractivity contribution in [2.24, 2.45) is 34.5 Å². The molecular weight excluding hydrogens is 514 g/mol. The first-order valence-electron chi connectivity index (χ1n) is 15.7. The fourth-order valence-electron chi connectivity index (χ4n) is 10.6. The van der Waals surface area contributed by atoms with E-state index in [9.17, 15) is 14.7 Å². The van der Waals surface area contributed by atoms with Crippen LogP contribution in [0.25, 0.3) is 0 Å². The zero-order valence-electron chi connectivity index (χ0n) is 25.1. The summed E-state index contributed by atoms with van der Waals surface area (Å²) in [5, 5.41) is 15.8. The third kappa shape index (κ3) is 3.66. The Bertz CT molecular complexity index is 1330. The van der Waals surface area contributed by atoms with Gasteiger partial charge in [-0.05, 0) is 101 Å². The lowest BCUT2D eigenvalue weighted by atomic mass is 9.44. The quantitative estimate of drug-likeness (QED) is 0.376. The van der Waals surface area contributed by atoms with Crippen LogP contribution in [0.1, 0.15) is 78.7 Å². The van der Waals surface area contributed by atoms with Gasteiger partial charge in [0.05, 0.1) is 17.6 Å². The van der Waals surface area contributed by atoms with Crippen LogP contribution in [0.2, 0.25) is 0 Å². The second-order valence-corrected chi connectivity index (χ2v) is 14.7. The largest absolute Gasteiger partial charge is 0.456 e. The van der Waals surface area contributed by atoms with E-state index in [0.29, 0.717) is 23.8 Å². The van der Waals surface area contributed by atoms with E-state index in [1.165, 1.54) is 5.56 Å². The first kappa shape index (κ1) is 27.5. The standard InChI is InChI=1S/C35H45NO5/c1-20-17-29(40-31(38)21(20)2)34(5,39)26-12-11-24-23-18-30-35(41-30)27(36-19-22-9-7-6-8-10-22)13-14-28(37)33(35,4)25(23)15-16-32(24,26)3/h6-10,13-14,23-27,29-30,36,39H,11-12,15-19H2,1-5H3/t23-,24-,25-,26-,27-,29+,30+,32-,33-,34+,35+/m0/s1. The van der Waals surface area contributed by atoms with Gasteiger partial charge in [0, 0.05) is 18.5 Å². The van der Waals surface area contributed by atoms with Crippen molar-refractivity contribution in [2.75, 3.05) is 0 Å². The fourth-order valence-corrected chi connectivity index (χ4v) is 10.6. The van der Waals surface area contributed by atoms with Crippen LogP contribution in [0.3, 0.4) is 0 Å². The van der Waals surface area contributed by atoms with Gasteiger partial charge >= 0.3 is 5.97 Å². The Hall–Kier alpha value is -2.28. The minimum atomic E-state index is -1.11. The van der Waals surface area contributed by atoms with Crippen molar-refractivity contribution in [3.8, 4) is 0 Å². The third-order valence-corrected chi connectivity index (χ3v) is 13.1. The van der Waals surface area contributed by atoms with Crippen LogP contribution in [-0.2, 0) is 25.6 Å². The highest BCUT2D eigenvalue weighted by molar-refractivity contribution is 5.98. The minimum Gasteiger partial charge on any atom is -0.456 e. The Morgan fingerprint density at radius 1 is 1.07 bits per heavy atom. The van der Waals surface area contributed by atoms with E-state index < -0.39 is 22.7 Å². The van der Waals surface area contributed by atoms with Crippen LogP contribution in [0.15, 0.2) is 53.6 Å². The van der Waals surface area contributed by atoms with Gasteiger partial charge in [-0.1, -0.05) is 48.9 Å². The Morgan fingerprint density at radius 2 is 1.83 bits per heavy atom. The Labute approximate surface area is 243 Å². The van der Waals surface area contributed by atoms with Gasteiger partial charge in [-0.15, -0.1) is 0 Å². The van der Waals surface area contributed by atoms with E-state index in [2.05, 4.69) is 43.4 Å². The normalized spacial score (nSPS) is 46.1. The molecule has 6 heteroatoms. The van der Waals surface area contributed by atoms with Crippen molar-refractivity contribution < 1.29 is 24.2 Å². The molecule has 7 rings (SSSR count). The van der Waals surface area contributed by atoms with E-state index in [0.717, 1.165) is 44.2 Å². The summed E-state index contributed by atoms with van der Waals surface area (Å²) in [6, 6.07) is 10.4. The van der Waals surface area contributed by atoms with E-state index in [1.54, 1.807) is 0 Å². The number of benzene rings is 1. The molecule has 2 aliphatic heterocycles. The summed E-state index contributed by atoms with van der Waals surface area (Å²) >= 11 is 0. The molecule has 4 aliphatic carbocycles. The molecule has 1 aromatic rings. The molecular formula is C35H45NO5. The van der Waals surface area contributed by atoms with Gasteiger partial charge in [-0.2, -0.15) is 0 Å². The number of ether oxygens (including phenoxy) is 2. The highest BCUT2D eigenvalue weighted by Crippen LogP contribution is 2.73. The van der Waals surface area contributed by atoms with Crippen LogP contribution in [0.5, 0.6) is 0 Å². The van der Waals surface area contributed by atoms with Crippen molar-refractivity contribution in [3.05, 3.63) is 59.2 Å². The molecule has 2 heterocycles. The number of carbonyl (C=O) groups excluding carboxylic acids is 2. The molecule has 3 saturated carbocycles. The predicted octanol–water partition coefficient (Wildman–Crippen LogP) is 5.29. The zero-order chi connectivity index (χ0) is 28.9. The summed E-state index contributed by atoms with van der Waals surface area (Å²) in [5.74, 6) is 0.981. The Morgan fingerprint density at radius 3 is 2.56 bits per heavy atom. The lowest BCUT2D eigenvalue weighted by Crippen LogP contribution is -2.66. The number of fused-ring (bicyclic) bond motifs is 4. The monoisotopic (exact) mass is 559 g/mol. The summed E-state index contributed by atoms with van der Waals surface area (Å²) in [7, 11) is 0. The van der Waals surface area contributed by atoms with E-state index in [1.807, 2.05) is 39.0 Å². The van der Waals surface area contributed by atoms with Crippen molar-refractivity contribution in [2.45, 2.75) is 109 Å². The molecule has 220 valence electrons. The Balaban J connectivity index is 1.15. The smallest absolute Gasteiger partial charge is 0.334 e. The van der Waals surface area contributed by atoms with E-state index in [-0.39, 0.29) is 41.1 Å². The molecule has 0 radical (unpaired) electrons. The second kappa shape index (κ2) is 9.11. The summed E-state index contributed by atoms with van der Waals surface area (Å²) in [6.45, 7) is 11.0. The highest BCUT2D eigenvalue weighted by atomic mass is 16.6. The molecule has 2 N–H and O–H groups in total. The molecule has 1 spiro atoms. The van der Waals surface area contributed by atoms with E-state index >= 15 is 0 Å². The number of carbonyl (C=O) groups is 2. The second-order valence-electron chi connectivity index (χ2n) is 14.7. The van der Waals surface area contributed by atoms with Gasteiger partial charge in [-0.3, -0.25) is 4.79 Å². The number of esters is 1. The average molecular weight is 560 g/mol. The third-order valence-electron chi connectivity index (χ3n) is 13.1. The summed E-state index contributed by atoms with van der Waals surface area (Å²) in [4.78, 5) is 26.4. The number of ketones is 1. The lowest BCUT2D eigenvalue weighted by Gasteiger charge is -2.59. The zero-order valence-corrected chi connectivity index (χ0v) is 25.1. The number of rotatable bonds is 5. The Kier molecular flexibility index (Phi) is 6.12. The van der Waals surface area contributed by atoms with Crippen LogP contribution in [0.4, 0.5) is 0 Å². The van der Waals surface area contributed by atoms with Gasteiger partial charge in [0.15, 0.2) is 5.78 Å². The van der Waals surface area contributed by atoms with Crippen LogP contribution >= 0.6 is 0 Å². The number of hydrogen-bond donors (Lipinski definition) is 2. The topological polar surface area (TPSA) is 88.2 Å². The van der Waals surface area contributed by atoms with Gasteiger partial charge in [0.2, 0.25) is 0 Å². The number of nitrogens with one attached hydrogen (secondary N) is 1. The molecule has 6 nitrogen and oxygen atoms in total. The van der Waals surface area contributed by atoms with Gasteiger partial charge in [-0.25, -0.2) is 4.79 Å². The van der Waals surface area contributed by atoms with Crippen LogP contribution < -0.4 is 5.32 Å². The van der Waals surface area contributed by atoms with Crippen LogP contribution in [-0.4, -0.2) is 46.3 Å². The molecule has 1 saturated heterocycles. The predicted molar refractivity (Wildman–Crippen MR) is 156 cm³/mol. The van der Waals surface area contributed by atoms with Gasteiger partial charge < -0.3 is 19.9 Å². The molecule has 41 heavy (non-hydrogen) atoms. The van der Waals surface area contributed by atoms with Crippen molar-refractivity contribution >= 4 is 11.8 Å². The molecule has 0 amide bonds. The maximum absolute atomic E-state index is 13.9. The summed E-state index contributed by atoms with van der Waals surface area (Å²) in [6.07, 6.45) is 8.82. The molecule has 11 atom stereocenters.